The molecule has 2 aliphatic rings. The summed E-state index contributed by atoms with van der Waals surface area (Å²) in [7, 11) is 0. The van der Waals surface area contributed by atoms with Gasteiger partial charge >= 0.3 is 0 Å². The standard InChI is InChI=1S/C16H24N2O/c1-2-18-9-6-15(7-10-18)19-16-4-3-14-12-17-8-5-13(14)11-16/h3-4,11,15,17H,2,5-10,12H2,1H3. The molecule has 0 radical (unpaired) electrons. The van der Waals surface area contributed by atoms with Crippen LogP contribution in [-0.4, -0.2) is 37.2 Å². The Bertz CT molecular complexity index is 425. The minimum atomic E-state index is 0.405. The number of ether oxygens (including phenoxy) is 1. The highest BCUT2D eigenvalue weighted by Crippen LogP contribution is 2.23. The van der Waals surface area contributed by atoms with Gasteiger partial charge in [0.25, 0.3) is 0 Å². The Morgan fingerprint density at radius 2 is 2.11 bits per heavy atom. The third kappa shape index (κ3) is 3.10. The molecule has 0 aliphatic carbocycles. The summed E-state index contributed by atoms with van der Waals surface area (Å²) >= 11 is 0. The maximum Gasteiger partial charge on any atom is 0.120 e. The van der Waals surface area contributed by atoms with Crippen molar-refractivity contribution in [3.63, 3.8) is 0 Å². The number of benzene rings is 1. The summed E-state index contributed by atoms with van der Waals surface area (Å²) in [5.41, 5.74) is 2.89. The van der Waals surface area contributed by atoms with Crippen molar-refractivity contribution in [1.82, 2.24) is 10.2 Å². The largest absolute Gasteiger partial charge is 0.490 e. The Kier molecular flexibility index (Phi) is 4.04. The van der Waals surface area contributed by atoms with Gasteiger partial charge in [-0.25, -0.2) is 0 Å². The molecule has 19 heavy (non-hydrogen) atoms. The molecule has 0 atom stereocenters. The Balaban J connectivity index is 1.61. The van der Waals surface area contributed by atoms with Gasteiger partial charge in [0.05, 0.1) is 0 Å². The monoisotopic (exact) mass is 260 g/mol. The van der Waals surface area contributed by atoms with Crippen LogP contribution in [0.15, 0.2) is 18.2 Å². The number of fused-ring (bicyclic) bond motifs is 1. The van der Waals surface area contributed by atoms with Crippen LogP contribution in [0.5, 0.6) is 5.75 Å². The summed E-state index contributed by atoms with van der Waals surface area (Å²) in [4.78, 5) is 2.50. The first kappa shape index (κ1) is 12.9. The van der Waals surface area contributed by atoms with Crippen LogP contribution in [0.2, 0.25) is 0 Å². The molecule has 3 heteroatoms. The second-order valence-corrected chi connectivity index (χ2v) is 5.61. The number of nitrogens with one attached hydrogen (secondary N) is 1. The molecule has 2 aliphatic heterocycles. The van der Waals surface area contributed by atoms with Crippen LogP contribution in [0.4, 0.5) is 0 Å². The smallest absolute Gasteiger partial charge is 0.120 e. The first-order chi connectivity index (χ1) is 9.35. The second kappa shape index (κ2) is 5.93. The zero-order valence-electron chi connectivity index (χ0n) is 11.8. The Hall–Kier alpha value is -1.06. The van der Waals surface area contributed by atoms with E-state index in [9.17, 15) is 0 Å². The molecule has 0 aromatic heterocycles. The summed E-state index contributed by atoms with van der Waals surface area (Å²) in [6.45, 7) is 7.85. The summed E-state index contributed by atoms with van der Waals surface area (Å²) in [5, 5.41) is 3.41. The number of hydrogen-bond donors (Lipinski definition) is 1. The zero-order valence-corrected chi connectivity index (χ0v) is 11.8. The van der Waals surface area contributed by atoms with E-state index in [4.69, 9.17) is 4.74 Å². The van der Waals surface area contributed by atoms with Gasteiger partial charge in [-0.2, -0.15) is 0 Å². The van der Waals surface area contributed by atoms with E-state index in [1.165, 1.54) is 30.8 Å². The quantitative estimate of drug-likeness (QED) is 0.901. The van der Waals surface area contributed by atoms with Crippen LogP contribution in [0, 0.1) is 0 Å². The minimum absolute atomic E-state index is 0.405. The Morgan fingerprint density at radius 1 is 1.26 bits per heavy atom. The normalized spacial score (nSPS) is 21.1. The van der Waals surface area contributed by atoms with Gasteiger partial charge in [-0.05, 0) is 55.6 Å². The fraction of sp³-hybridized carbons (Fsp3) is 0.625. The predicted molar refractivity (Wildman–Crippen MR) is 77.6 cm³/mol. The molecule has 1 fully saturated rings. The number of likely N-dealkylation sites (tertiary alicyclic amines) is 1. The fourth-order valence-corrected chi connectivity index (χ4v) is 3.06. The molecule has 1 saturated heterocycles. The van der Waals surface area contributed by atoms with Crippen LogP contribution < -0.4 is 10.1 Å². The van der Waals surface area contributed by atoms with E-state index in [0.29, 0.717) is 6.10 Å². The maximum absolute atomic E-state index is 6.17. The van der Waals surface area contributed by atoms with E-state index in [2.05, 4.69) is 35.3 Å². The van der Waals surface area contributed by atoms with Crippen LogP contribution in [0.25, 0.3) is 0 Å². The molecule has 3 nitrogen and oxygen atoms in total. The SMILES string of the molecule is CCN1CCC(Oc2ccc3c(c2)CCNC3)CC1. The van der Waals surface area contributed by atoms with Crippen molar-refractivity contribution >= 4 is 0 Å². The maximum atomic E-state index is 6.17. The fourth-order valence-electron chi connectivity index (χ4n) is 3.06. The summed E-state index contributed by atoms with van der Waals surface area (Å²) < 4.78 is 6.17. The Labute approximate surface area is 115 Å². The summed E-state index contributed by atoms with van der Waals surface area (Å²) in [5.74, 6) is 1.07. The highest BCUT2D eigenvalue weighted by Gasteiger charge is 2.19. The van der Waals surface area contributed by atoms with Crippen LogP contribution >= 0.6 is 0 Å². The lowest BCUT2D eigenvalue weighted by Crippen LogP contribution is -2.38. The summed E-state index contributed by atoms with van der Waals surface area (Å²) in [6, 6.07) is 6.61. The third-order valence-electron chi connectivity index (χ3n) is 4.35. The van der Waals surface area contributed by atoms with Crippen molar-refractivity contribution in [2.75, 3.05) is 26.2 Å². The lowest BCUT2D eigenvalue weighted by atomic mass is 10.0. The molecule has 1 aromatic carbocycles. The molecule has 1 N–H and O–H groups in total. The lowest BCUT2D eigenvalue weighted by Gasteiger charge is -2.31. The van der Waals surface area contributed by atoms with Gasteiger partial charge < -0.3 is 15.0 Å². The molecule has 3 rings (SSSR count). The molecule has 0 saturated carbocycles. The van der Waals surface area contributed by atoms with E-state index >= 15 is 0 Å². The third-order valence-corrected chi connectivity index (χ3v) is 4.35. The number of piperidine rings is 1. The van der Waals surface area contributed by atoms with Gasteiger partial charge in [0, 0.05) is 19.6 Å². The molecular weight excluding hydrogens is 236 g/mol. The van der Waals surface area contributed by atoms with E-state index in [-0.39, 0.29) is 0 Å². The number of rotatable bonds is 3. The Morgan fingerprint density at radius 3 is 2.89 bits per heavy atom. The molecule has 0 spiro atoms. The first-order valence-electron chi connectivity index (χ1n) is 7.56. The molecule has 1 aromatic rings. The van der Waals surface area contributed by atoms with Crippen molar-refractivity contribution in [2.24, 2.45) is 0 Å². The van der Waals surface area contributed by atoms with Crippen LogP contribution in [0.3, 0.4) is 0 Å². The molecule has 104 valence electrons. The van der Waals surface area contributed by atoms with Crippen LogP contribution in [-0.2, 0) is 13.0 Å². The highest BCUT2D eigenvalue weighted by molar-refractivity contribution is 5.37. The van der Waals surface area contributed by atoms with E-state index in [0.717, 1.165) is 38.1 Å². The van der Waals surface area contributed by atoms with Gasteiger partial charge in [0.15, 0.2) is 0 Å². The molecule has 0 bridgehead atoms. The zero-order chi connectivity index (χ0) is 13.1. The molecule has 2 heterocycles. The van der Waals surface area contributed by atoms with Crippen molar-refractivity contribution in [1.29, 1.82) is 0 Å². The van der Waals surface area contributed by atoms with Crippen LogP contribution in [0.1, 0.15) is 30.9 Å². The molecule has 0 amide bonds. The minimum Gasteiger partial charge on any atom is -0.490 e. The molecular formula is C16H24N2O. The molecule has 0 unspecified atom stereocenters. The van der Waals surface area contributed by atoms with Crippen molar-refractivity contribution in [3.05, 3.63) is 29.3 Å². The van der Waals surface area contributed by atoms with Crippen molar-refractivity contribution < 1.29 is 4.74 Å². The van der Waals surface area contributed by atoms with Gasteiger partial charge in [0.2, 0.25) is 0 Å². The average molecular weight is 260 g/mol. The van der Waals surface area contributed by atoms with Crippen molar-refractivity contribution in [3.8, 4) is 5.75 Å². The highest BCUT2D eigenvalue weighted by atomic mass is 16.5. The van der Waals surface area contributed by atoms with Gasteiger partial charge in [-0.3, -0.25) is 0 Å². The number of hydrogen-bond acceptors (Lipinski definition) is 3. The summed E-state index contributed by atoms with van der Waals surface area (Å²) in [6.07, 6.45) is 3.85. The average Bonchev–Trinajstić information content (AvgIpc) is 2.48. The number of nitrogens with zero attached hydrogens (tertiary/aromatic N) is 1. The first-order valence-corrected chi connectivity index (χ1v) is 7.56. The second-order valence-electron chi connectivity index (χ2n) is 5.61. The van der Waals surface area contributed by atoms with Crippen molar-refractivity contribution in [2.45, 2.75) is 38.8 Å². The van der Waals surface area contributed by atoms with E-state index in [1.807, 2.05) is 0 Å². The van der Waals surface area contributed by atoms with Gasteiger partial charge in [0.1, 0.15) is 11.9 Å². The van der Waals surface area contributed by atoms with E-state index < -0.39 is 0 Å². The van der Waals surface area contributed by atoms with Gasteiger partial charge in [-0.15, -0.1) is 0 Å². The van der Waals surface area contributed by atoms with E-state index in [1.54, 1.807) is 0 Å². The predicted octanol–water partition coefficient (Wildman–Crippen LogP) is 2.20. The topological polar surface area (TPSA) is 24.5 Å². The lowest BCUT2D eigenvalue weighted by molar-refractivity contribution is 0.104. The van der Waals surface area contributed by atoms with Gasteiger partial charge in [-0.1, -0.05) is 13.0 Å².